The molecule has 3 atom stereocenters. The summed E-state index contributed by atoms with van der Waals surface area (Å²) in [5, 5.41) is 3.58. The number of carbonyl (C=O) groups is 1. The number of hydrogen-bond acceptors (Lipinski definition) is 2. The third kappa shape index (κ3) is 4.88. The molecule has 1 aromatic rings. The maximum absolute atomic E-state index is 13.0. The summed E-state index contributed by atoms with van der Waals surface area (Å²) in [4.78, 5) is 12.1. The second kappa shape index (κ2) is 8.21. The van der Waals surface area contributed by atoms with Gasteiger partial charge in [0.05, 0.1) is 5.75 Å². The molecule has 1 aromatic carbocycles. The SMILES string of the molecule is C[C@@H]1[C@H](C)CCC[C@@H]1NC(=O)CSCc1ccc(F)cc1Cl. The normalized spacial score (nSPS) is 25.0. The Hall–Kier alpha value is -0.740. The van der Waals surface area contributed by atoms with Crippen LogP contribution in [0.25, 0.3) is 0 Å². The van der Waals surface area contributed by atoms with Crippen molar-refractivity contribution in [3.8, 4) is 0 Å². The first kappa shape index (κ1) is 17.6. The summed E-state index contributed by atoms with van der Waals surface area (Å²) in [5.74, 6) is 1.97. The highest BCUT2D eigenvalue weighted by molar-refractivity contribution is 7.99. The van der Waals surface area contributed by atoms with Gasteiger partial charge in [0.25, 0.3) is 0 Å². The zero-order valence-corrected chi connectivity index (χ0v) is 14.6. The van der Waals surface area contributed by atoms with Crippen LogP contribution >= 0.6 is 23.4 Å². The molecule has 22 heavy (non-hydrogen) atoms. The van der Waals surface area contributed by atoms with Gasteiger partial charge in [-0.05, 0) is 36.0 Å². The highest BCUT2D eigenvalue weighted by Crippen LogP contribution is 2.29. The van der Waals surface area contributed by atoms with E-state index in [2.05, 4.69) is 19.2 Å². The Kier molecular flexibility index (Phi) is 6.57. The Balaban J connectivity index is 1.76. The molecule has 2 rings (SSSR count). The zero-order valence-electron chi connectivity index (χ0n) is 13.1. The molecule has 1 fully saturated rings. The van der Waals surface area contributed by atoms with Gasteiger partial charge in [-0.1, -0.05) is 44.4 Å². The van der Waals surface area contributed by atoms with Crippen molar-refractivity contribution >= 4 is 29.3 Å². The Bertz CT molecular complexity index is 525. The van der Waals surface area contributed by atoms with Gasteiger partial charge in [-0.3, -0.25) is 4.79 Å². The van der Waals surface area contributed by atoms with Crippen molar-refractivity contribution in [2.24, 2.45) is 11.8 Å². The third-order valence-electron chi connectivity index (χ3n) is 4.56. The molecular formula is C17H23ClFNOS. The van der Waals surface area contributed by atoms with Crippen molar-refractivity contribution in [2.75, 3.05) is 5.75 Å². The second-order valence-corrected chi connectivity index (χ2v) is 7.56. The maximum Gasteiger partial charge on any atom is 0.230 e. The number of halogens is 2. The average Bonchev–Trinajstić information content (AvgIpc) is 2.46. The zero-order chi connectivity index (χ0) is 16.1. The quantitative estimate of drug-likeness (QED) is 0.842. The summed E-state index contributed by atoms with van der Waals surface area (Å²) < 4.78 is 13.0. The Morgan fingerprint density at radius 3 is 2.91 bits per heavy atom. The Labute approximate surface area is 141 Å². The molecule has 1 amide bonds. The molecule has 1 N–H and O–H groups in total. The first-order chi connectivity index (χ1) is 10.5. The number of rotatable bonds is 5. The summed E-state index contributed by atoms with van der Waals surface area (Å²) in [6.07, 6.45) is 3.52. The highest BCUT2D eigenvalue weighted by Gasteiger charge is 2.27. The van der Waals surface area contributed by atoms with Gasteiger partial charge in [0.15, 0.2) is 0 Å². The first-order valence-corrected chi connectivity index (χ1v) is 9.31. The molecule has 1 saturated carbocycles. The van der Waals surface area contributed by atoms with E-state index in [9.17, 15) is 9.18 Å². The van der Waals surface area contributed by atoms with Gasteiger partial charge in [0.2, 0.25) is 5.91 Å². The lowest BCUT2D eigenvalue weighted by Gasteiger charge is -2.34. The number of amides is 1. The average molecular weight is 344 g/mol. The van der Waals surface area contributed by atoms with Crippen LogP contribution in [0.5, 0.6) is 0 Å². The van der Waals surface area contributed by atoms with E-state index in [0.717, 1.165) is 12.0 Å². The van der Waals surface area contributed by atoms with Crippen LogP contribution < -0.4 is 5.32 Å². The predicted octanol–water partition coefficient (Wildman–Crippen LogP) is 4.65. The first-order valence-electron chi connectivity index (χ1n) is 7.78. The summed E-state index contributed by atoms with van der Waals surface area (Å²) in [7, 11) is 0. The molecule has 0 heterocycles. The van der Waals surface area contributed by atoms with E-state index in [1.54, 1.807) is 6.07 Å². The van der Waals surface area contributed by atoms with E-state index < -0.39 is 0 Å². The van der Waals surface area contributed by atoms with Crippen LogP contribution in [0.1, 0.15) is 38.7 Å². The molecule has 0 spiro atoms. The van der Waals surface area contributed by atoms with E-state index in [4.69, 9.17) is 11.6 Å². The van der Waals surface area contributed by atoms with E-state index in [-0.39, 0.29) is 11.7 Å². The summed E-state index contributed by atoms with van der Waals surface area (Å²) in [6.45, 7) is 4.48. The lowest BCUT2D eigenvalue weighted by molar-refractivity contribution is -0.119. The van der Waals surface area contributed by atoms with E-state index >= 15 is 0 Å². The summed E-state index contributed by atoms with van der Waals surface area (Å²) >= 11 is 7.49. The Morgan fingerprint density at radius 2 is 2.18 bits per heavy atom. The molecule has 0 bridgehead atoms. The maximum atomic E-state index is 13.0. The van der Waals surface area contributed by atoms with Crippen molar-refractivity contribution in [3.05, 3.63) is 34.6 Å². The molecule has 0 aliphatic heterocycles. The fourth-order valence-corrected chi connectivity index (χ4v) is 4.08. The van der Waals surface area contributed by atoms with Crippen LogP contribution in [0, 0.1) is 17.7 Å². The lowest BCUT2D eigenvalue weighted by atomic mass is 9.78. The Morgan fingerprint density at radius 1 is 1.41 bits per heavy atom. The van der Waals surface area contributed by atoms with E-state index in [1.165, 1.54) is 36.7 Å². The van der Waals surface area contributed by atoms with Crippen LogP contribution in [0.3, 0.4) is 0 Å². The molecule has 122 valence electrons. The minimum absolute atomic E-state index is 0.0779. The van der Waals surface area contributed by atoms with Crippen LogP contribution in [0.15, 0.2) is 18.2 Å². The second-order valence-electron chi connectivity index (χ2n) is 6.17. The molecule has 0 aromatic heterocycles. The molecular weight excluding hydrogens is 321 g/mol. The van der Waals surface area contributed by atoms with Crippen molar-refractivity contribution in [2.45, 2.75) is 44.9 Å². The summed E-state index contributed by atoms with van der Waals surface area (Å²) in [5.41, 5.74) is 0.862. The van der Waals surface area contributed by atoms with Gasteiger partial charge < -0.3 is 5.32 Å². The fourth-order valence-electron chi connectivity index (χ4n) is 2.93. The van der Waals surface area contributed by atoms with Crippen molar-refractivity contribution in [3.63, 3.8) is 0 Å². The van der Waals surface area contributed by atoms with Gasteiger partial charge in [0.1, 0.15) is 5.82 Å². The lowest BCUT2D eigenvalue weighted by Crippen LogP contribution is -2.44. The molecule has 1 aliphatic carbocycles. The smallest absolute Gasteiger partial charge is 0.230 e. The highest BCUT2D eigenvalue weighted by atomic mass is 35.5. The number of hydrogen-bond donors (Lipinski definition) is 1. The van der Waals surface area contributed by atoms with Crippen molar-refractivity contribution < 1.29 is 9.18 Å². The van der Waals surface area contributed by atoms with Gasteiger partial charge in [-0.25, -0.2) is 4.39 Å². The van der Waals surface area contributed by atoms with E-state index in [0.29, 0.717) is 34.4 Å². The minimum Gasteiger partial charge on any atom is -0.352 e. The van der Waals surface area contributed by atoms with Crippen molar-refractivity contribution in [1.29, 1.82) is 0 Å². The number of benzene rings is 1. The number of thioether (sulfide) groups is 1. The number of nitrogens with one attached hydrogen (secondary N) is 1. The molecule has 2 nitrogen and oxygen atoms in total. The third-order valence-corrected chi connectivity index (χ3v) is 5.89. The van der Waals surface area contributed by atoms with Gasteiger partial charge in [-0.2, -0.15) is 0 Å². The van der Waals surface area contributed by atoms with Gasteiger partial charge >= 0.3 is 0 Å². The molecule has 0 unspecified atom stereocenters. The predicted molar refractivity (Wildman–Crippen MR) is 91.7 cm³/mol. The van der Waals surface area contributed by atoms with Gasteiger partial charge in [-0.15, -0.1) is 11.8 Å². The van der Waals surface area contributed by atoms with Crippen molar-refractivity contribution in [1.82, 2.24) is 5.32 Å². The minimum atomic E-state index is -0.336. The molecule has 0 radical (unpaired) electrons. The van der Waals surface area contributed by atoms with Crippen LogP contribution in [-0.4, -0.2) is 17.7 Å². The largest absolute Gasteiger partial charge is 0.352 e. The van der Waals surface area contributed by atoms with Gasteiger partial charge in [0, 0.05) is 16.8 Å². The monoisotopic (exact) mass is 343 g/mol. The number of carbonyl (C=O) groups excluding carboxylic acids is 1. The standard InChI is InChI=1S/C17H23ClFNOS/c1-11-4-3-5-16(12(11)2)20-17(21)10-22-9-13-6-7-14(19)8-15(13)18/h6-8,11-12,16H,3-5,9-10H2,1-2H3,(H,20,21)/t11-,12-,16+/m1/s1. The van der Waals surface area contributed by atoms with Crippen LogP contribution in [0.2, 0.25) is 5.02 Å². The summed E-state index contributed by atoms with van der Waals surface area (Å²) in [6, 6.07) is 4.68. The molecule has 5 heteroatoms. The van der Waals surface area contributed by atoms with E-state index in [1.807, 2.05) is 0 Å². The molecule has 0 saturated heterocycles. The topological polar surface area (TPSA) is 29.1 Å². The molecule has 1 aliphatic rings. The fraction of sp³-hybridized carbons (Fsp3) is 0.588. The van der Waals surface area contributed by atoms with Crippen LogP contribution in [-0.2, 0) is 10.5 Å². The van der Waals surface area contributed by atoms with Crippen LogP contribution in [0.4, 0.5) is 4.39 Å².